The highest BCUT2D eigenvalue weighted by molar-refractivity contribution is 7.89. The molecule has 0 amide bonds. The van der Waals surface area contributed by atoms with Crippen molar-refractivity contribution in [2.45, 2.75) is 23.8 Å². The van der Waals surface area contributed by atoms with E-state index in [0.717, 1.165) is 17.2 Å². The number of carbonyl (C=O) groups is 1. The van der Waals surface area contributed by atoms with Crippen LogP contribution in [0, 0.1) is 5.92 Å². The molecule has 0 aliphatic carbocycles. The quantitative estimate of drug-likeness (QED) is 0.832. The molecule has 2 N–H and O–H groups in total. The summed E-state index contributed by atoms with van der Waals surface area (Å²) in [6.07, 6.45) is 0.976. The number of rotatable bonds is 6. The fraction of sp³-hybridized carbons (Fsp3) is 0.353. The zero-order valence-electron chi connectivity index (χ0n) is 13.0. The largest absolute Gasteiger partial charge is 0.480 e. The van der Waals surface area contributed by atoms with Gasteiger partial charge >= 0.3 is 5.97 Å². The van der Waals surface area contributed by atoms with Gasteiger partial charge in [0.15, 0.2) is 0 Å². The first-order chi connectivity index (χ1) is 11.5. The van der Waals surface area contributed by atoms with Gasteiger partial charge in [0, 0.05) is 13.2 Å². The van der Waals surface area contributed by atoms with Crippen molar-refractivity contribution >= 4 is 26.8 Å². The van der Waals surface area contributed by atoms with Crippen molar-refractivity contribution in [2.75, 3.05) is 13.2 Å². The zero-order chi connectivity index (χ0) is 17.2. The lowest BCUT2D eigenvalue weighted by Crippen LogP contribution is -2.42. The van der Waals surface area contributed by atoms with Crippen molar-refractivity contribution in [1.82, 2.24) is 4.72 Å². The SMILES string of the molecule is O=C(O)C(CC1CCOC1)NS(=O)(=O)c1ccc2ccccc2c1. The first kappa shape index (κ1) is 16.9. The summed E-state index contributed by atoms with van der Waals surface area (Å²) in [4.78, 5) is 11.5. The van der Waals surface area contributed by atoms with Gasteiger partial charge < -0.3 is 9.84 Å². The maximum Gasteiger partial charge on any atom is 0.321 e. The normalized spacial score (nSPS) is 19.4. The van der Waals surface area contributed by atoms with Gasteiger partial charge in [-0.1, -0.05) is 30.3 Å². The van der Waals surface area contributed by atoms with Gasteiger partial charge in [0.05, 0.1) is 4.90 Å². The van der Waals surface area contributed by atoms with Crippen LogP contribution < -0.4 is 4.72 Å². The van der Waals surface area contributed by atoms with E-state index >= 15 is 0 Å². The van der Waals surface area contributed by atoms with Crippen LogP contribution in [0.15, 0.2) is 47.4 Å². The third-order valence-corrected chi connectivity index (χ3v) is 5.69. The third-order valence-electron chi connectivity index (χ3n) is 4.22. The number of nitrogens with one attached hydrogen (secondary N) is 1. The summed E-state index contributed by atoms with van der Waals surface area (Å²) in [5.41, 5.74) is 0. The summed E-state index contributed by atoms with van der Waals surface area (Å²) in [6, 6.07) is 11.0. The molecule has 1 fully saturated rings. The van der Waals surface area contributed by atoms with E-state index in [-0.39, 0.29) is 17.2 Å². The second-order valence-electron chi connectivity index (χ2n) is 5.99. The van der Waals surface area contributed by atoms with Crippen LogP contribution in [0.2, 0.25) is 0 Å². The molecule has 1 aliphatic heterocycles. The zero-order valence-corrected chi connectivity index (χ0v) is 13.8. The van der Waals surface area contributed by atoms with Gasteiger partial charge in [-0.25, -0.2) is 8.42 Å². The number of carboxylic acids is 1. The second-order valence-corrected chi connectivity index (χ2v) is 7.70. The first-order valence-electron chi connectivity index (χ1n) is 7.77. The van der Waals surface area contributed by atoms with Crippen LogP contribution in [0.3, 0.4) is 0 Å². The van der Waals surface area contributed by atoms with Crippen molar-refractivity contribution < 1.29 is 23.1 Å². The molecular weight excluding hydrogens is 330 g/mol. The van der Waals surface area contributed by atoms with Crippen LogP contribution in [0.1, 0.15) is 12.8 Å². The van der Waals surface area contributed by atoms with Crippen LogP contribution in [-0.2, 0) is 19.6 Å². The number of carboxylic acid groups (broad SMARTS) is 1. The van der Waals surface area contributed by atoms with Crippen molar-refractivity contribution in [3.63, 3.8) is 0 Å². The minimum Gasteiger partial charge on any atom is -0.480 e. The minimum absolute atomic E-state index is 0.0606. The number of fused-ring (bicyclic) bond motifs is 1. The van der Waals surface area contributed by atoms with Gasteiger partial charge in [0.25, 0.3) is 0 Å². The molecule has 24 heavy (non-hydrogen) atoms. The fourth-order valence-corrected chi connectivity index (χ4v) is 4.13. The summed E-state index contributed by atoms with van der Waals surface area (Å²) >= 11 is 0. The number of hydrogen-bond acceptors (Lipinski definition) is 4. The number of sulfonamides is 1. The van der Waals surface area contributed by atoms with Gasteiger partial charge in [-0.15, -0.1) is 0 Å². The van der Waals surface area contributed by atoms with Gasteiger partial charge in [-0.05, 0) is 41.7 Å². The van der Waals surface area contributed by atoms with Crippen molar-refractivity contribution in [1.29, 1.82) is 0 Å². The Morgan fingerprint density at radius 3 is 2.67 bits per heavy atom. The highest BCUT2D eigenvalue weighted by Crippen LogP contribution is 2.22. The Balaban J connectivity index is 1.82. The monoisotopic (exact) mass is 349 g/mol. The Hall–Kier alpha value is -1.96. The first-order valence-corrected chi connectivity index (χ1v) is 9.26. The van der Waals surface area contributed by atoms with Gasteiger partial charge in [-0.3, -0.25) is 4.79 Å². The van der Waals surface area contributed by atoms with E-state index in [1.807, 2.05) is 24.3 Å². The topological polar surface area (TPSA) is 92.7 Å². The molecule has 1 saturated heterocycles. The van der Waals surface area contributed by atoms with E-state index in [2.05, 4.69) is 4.72 Å². The second kappa shape index (κ2) is 6.88. The maximum absolute atomic E-state index is 12.6. The lowest BCUT2D eigenvalue weighted by atomic mass is 10.00. The molecule has 0 spiro atoms. The summed E-state index contributed by atoms with van der Waals surface area (Å²) < 4.78 is 32.7. The van der Waals surface area contributed by atoms with E-state index in [1.54, 1.807) is 12.1 Å². The summed E-state index contributed by atoms with van der Waals surface area (Å²) in [6.45, 7) is 1.07. The van der Waals surface area contributed by atoms with E-state index < -0.39 is 22.0 Å². The van der Waals surface area contributed by atoms with Crippen LogP contribution in [-0.4, -0.2) is 38.7 Å². The lowest BCUT2D eigenvalue weighted by Gasteiger charge is -2.17. The van der Waals surface area contributed by atoms with Gasteiger partial charge in [0.2, 0.25) is 10.0 Å². The van der Waals surface area contributed by atoms with E-state index in [1.165, 1.54) is 6.07 Å². The fourth-order valence-electron chi connectivity index (χ4n) is 2.89. The van der Waals surface area contributed by atoms with E-state index in [4.69, 9.17) is 4.74 Å². The molecule has 6 nitrogen and oxygen atoms in total. The third kappa shape index (κ3) is 3.75. The molecule has 0 aromatic heterocycles. The molecule has 3 rings (SSSR count). The molecule has 0 bridgehead atoms. The molecule has 2 aromatic carbocycles. The van der Waals surface area contributed by atoms with Crippen LogP contribution in [0.4, 0.5) is 0 Å². The summed E-state index contributed by atoms with van der Waals surface area (Å²) in [5, 5.41) is 11.1. The molecule has 0 saturated carbocycles. The highest BCUT2D eigenvalue weighted by atomic mass is 32.2. The van der Waals surface area contributed by atoms with Gasteiger partial charge in [0.1, 0.15) is 6.04 Å². The minimum atomic E-state index is -3.91. The number of aliphatic carboxylic acids is 1. The van der Waals surface area contributed by atoms with Crippen LogP contribution >= 0.6 is 0 Å². The Kier molecular flexibility index (Phi) is 4.84. The Morgan fingerprint density at radius 2 is 2.00 bits per heavy atom. The van der Waals surface area contributed by atoms with Crippen molar-refractivity contribution in [3.8, 4) is 0 Å². The van der Waals surface area contributed by atoms with Crippen molar-refractivity contribution in [3.05, 3.63) is 42.5 Å². The highest BCUT2D eigenvalue weighted by Gasteiger charge is 2.29. The van der Waals surface area contributed by atoms with E-state index in [9.17, 15) is 18.3 Å². The molecule has 1 aliphatic rings. The number of hydrogen-bond donors (Lipinski definition) is 2. The molecular formula is C17H19NO5S. The molecule has 2 atom stereocenters. The average Bonchev–Trinajstić information content (AvgIpc) is 3.06. The average molecular weight is 349 g/mol. The Morgan fingerprint density at radius 1 is 1.25 bits per heavy atom. The molecule has 2 aromatic rings. The number of ether oxygens (including phenoxy) is 1. The Bertz CT molecular complexity index is 843. The summed E-state index contributed by atoms with van der Waals surface area (Å²) in [5.74, 6) is -1.11. The van der Waals surface area contributed by atoms with Crippen molar-refractivity contribution in [2.24, 2.45) is 5.92 Å². The van der Waals surface area contributed by atoms with Gasteiger partial charge in [-0.2, -0.15) is 4.72 Å². The molecule has 128 valence electrons. The van der Waals surface area contributed by atoms with E-state index in [0.29, 0.717) is 13.2 Å². The predicted octanol–water partition coefficient (Wildman–Crippen LogP) is 2.00. The predicted molar refractivity (Wildman–Crippen MR) is 89.2 cm³/mol. The lowest BCUT2D eigenvalue weighted by molar-refractivity contribution is -0.139. The van der Waals surface area contributed by atoms with Crippen LogP contribution in [0.5, 0.6) is 0 Å². The van der Waals surface area contributed by atoms with Crippen LogP contribution in [0.25, 0.3) is 10.8 Å². The molecule has 7 heteroatoms. The summed E-state index contributed by atoms with van der Waals surface area (Å²) in [7, 11) is -3.91. The Labute approximate surface area is 140 Å². The molecule has 0 radical (unpaired) electrons. The maximum atomic E-state index is 12.6. The molecule has 2 unspecified atom stereocenters. The number of benzene rings is 2. The smallest absolute Gasteiger partial charge is 0.321 e. The molecule has 1 heterocycles. The standard InChI is InChI=1S/C17H19NO5S/c19-17(20)16(9-12-7-8-23-11-12)18-24(21,22)15-6-5-13-3-1-2-4-14(13)10-15/h1-6,10,12,16,18H,7-9,11H2,(H,19,20).